The van der Waals surface area contributed by atoms with E-state index in [2.05, 4.69) is 0 Å². The van der Waals surface area contributed by atoms with Gasteiger partial charge in [-0.15, -0.1) is 0 Å². The summed E-state index contributed by atoms with van der Waals surface area (Å²) in [4.78, 5) is 0. The molecule has 3 heteroatoms. The van der Waals surface area contributed by atoms with Gasteiger partial charge in [0, 0.05) is 5.56 Å². The minimum absolute atomic E-state index is 0.0287. The van der Waals surface area contributed by atoms with Gasteiger partial charge in [-0.25, -0.2) is 0 Å². The van der Waals surface area contributed by atoms with E-state index in [1.165, 1.54) is 18.2 Å². The highest BCUT2D eigenvalue weighted by Gasteiger charge is 2.36. The normalized spacial score (nSPS) is 29.3. The van der Waals surface area contributed by atoms with Crippen LogP contribution in [0, 0.1) is 0 Å². The zero-order chi connectivity index (χ0) is 10.9. The highest BCUT2D eigenvalue weighted by Crippen LogP contribution is 2.35. The van der Waals surface area contributed by atoms with Crippen LogP contribution < -0.4 is 0 Å². The third-order valence-corrected chi connectivity index (χ3v) is 2.54. The second kappa shape index (κ2) is 3.53. The quantitative estimate of drug-likeness (QED) is 0.641. The summed E-state index contributed by atoms with van der Waals surface area (Å²) in [7, 11) is 0. The first kappa shape index (κ1) is 9.96. The van der Waals surface area contributed by atoms with Crippen molar-refractivity contribution in [2.24, 2.45) is 0 Å². The lowest BCUT2D eigenvalue weighted by molar-refractivity contribution is -0.0208. The fourth-order valence-corrected chi connectivity index (χ4v) is 1.68. The predicted octanol–water partition coefficient (Wildman–Crippen LogP) is 1.07. The first-order valence-electron chi connectivity index (χ1n) is 4.69. The molecule has 0 saturated heterocycles. The molecule has 0 saturated carbocycles. The van der Waals surface area contributed by atoms with E-state index >= 15 is 0 Å². The number of rotatable bonds is 1. The Hall–Kier alpha value is -1.58. The first-order valence-corrected chi connectivity index (χ1v) is 4.69. The van der Waals surface area contributed by atoms with Crippen molar-refractivity contribution in [3.05, 3.63) is 54.1 Å². The van der Waals surface area contributed by atoms with Crippen LogP contribution >= 0.6 is 0 Å². The molecule has 1 aromatic rings. The average molecular weight is 204 g/mol. The van der Waals surface area contributed by atoms with Gasteiger partial charge >= 0.3 is 0 Å². The van der Waals surface area contributed by atoms with Crippen molar-refractivity contribution in [1.82, 2.24) is 0 Å². The van der Waals surface area contributed by atoms with Gasteiger partial charge in [-0.1, -0.05) is 36.4 Å². The van der Waals surface area contributed by atoms with Crippen LogP contribution in [0.2, 0.25) is 0 Å². The Balaban J connectivity index is 2.50. The minimum atomic E-state index is -1.54. The molecule has 78 valence electrons. The lowest BCUT2D eigenvalue weighted by Crippen LogP contribution is -2.37. The molecule has 0 spiro atoms. The average Bonchev–Trinajstić information content (AvgIpc) is 2.23. The van der Waals surface area contributed by atoms with Gasteiger partial charge in [-0.05, 0) is 12.1 Å². The van der Waals surface area contributed by atoms with Gasteiger partial charge in [0.05, 0.1) is 0 Å². The highest BCUT2D eigenvalue weighted by molar-refractivity contribution is 5.43. The largest absolute Gasteiger partial charge is 0.508 e. The molecule has 2 atom stereocenters. The number of phenolic OH excluding ortho intramolecular Hbond substituents is 1. The van der Waals surface area contributed by atoms with Crippen LogP contribution in [-0.4, -0.2) is 21.4 Å². The van der Waals surface area contributed by atoms with Gasteiger partial charge in [0.1, 0.15) is 17.5 Å². The Morgan fingerprint density at radius 2 is 1.87 bits per heavy atom. The maximum Gasteiger partial charge on any atom is 0.141 e. The molecule has 0 aromatic heterocycles. The van der Waals surface area contributed by atoms with E-state index in [9.17, 15) is 15.3 Å². The van der Waals surface area contributed by atoms with Gasteiger partial charge in [0.2, 0.25) is 0 Å². The SMILES string of the molecule is Oc1ccccc1[C@@]1(O)C=CC=CC1O. The molecule has 0 bridgehead atoms. The standard InChI is InChI=1S/C12H12O3/c13-10-6-2-1-5-9(10)12(15)8-4-3-7-11(12)14/h1-8,11,13-15H/t11?,12-/m0/s1. The third kappa shape index (κ3) is 1.56. The Labute approximate surface area is 87.6 Å². The van der Waals surface area contributed by atoms with E-state index in [0.717, 1.165) is 0 Å². The number of benzene rings is 1. The molecule has 2 rings (SSSR count). The monoisotopic (exact) mass is 204 g/mol. The molecule has 0 aliphatic heterocycles. The second-order valence-corrected chi connectivity index (χ2v) is 3.53. The Morgan fingerprint density at radius 1 is 1.13 bits per heavy atom. The number of phenols is 1. The molecule has 0 amide bonds. The van der Waals surface area contributed by atoms with E-state index in [4.69, 9.17) is 0 Å². The van der Waals surface area contributed by atoms with Gasteiger partial charge < -0.3 is 15.3 Å². The van der Waals surface area contributed by atoms with Crippen LogP contribution in [0.1, 0.15) is 5.56 Å². The summed E-state index contributed by atoms with van der Waals surface area (Å²) >= 11 is 0. The van der Waals surface area contributed by atoms with Crippen LogP contribution in [0.3, 0.4) is 0 Å². The molecule has 3 nitrogen and oxygen atoms in total. The Bertz CT molecular complexity index is 423. The van der Waals surface area contributed by atoms with Crippen LogP contribution in [-0.2, 0) is 5.60 Å². The van der Waals surface area contributed by atoms with E-state index < -0.39 is 11.7 Å². The molecule has 0 radical (unpaired) electrons. The van der Waals surface area contributed by atoms with Crippen LogP contribution in [0.5, 0.6) is 5.75 Å². The number of allylic oxidation sites excluding steroid dienone is 2. The number of aromatic hydroxyl groups is 1. The van der Waals surface area contributed by atoms with Crippen molar-refractivity contribution in [2.45, 2.75) is 11.7 Å². The summed E-state index contributed by atoms with van der Waals surface area (Å²) in [5.41, 5.74) is -1.24. The summed E-state index contributed by atoms with van der Waals surface area (Å²) in [6.45, 7) is 0. The van der Waals surface area contributed by atoms with Gasteiger partial charge in [0.15, 0.2) is 0 Å². The van der Waals surface area contributed by atoms with Crippen molar-refractivity contribution >= 4 is 0 Å². The molecule has 0 heterocycles. The van der Waals surface area contributed by atoms with Crippen molar-refractivity contribution in [2.75, 3.05) is 0 Å². The summed E-state index contributed by atoms with van der Waals surface area (Å²) in [5.74, 6) is -0.0287. The summed E-state index contributed by atoms with van der Waals surface area (Å²) in [5, 5.41) is 29.6. The molecule has 1 aliphatic carbocycles. The van der Waals surface area contributed by atoms with E-state index in [1.54, 1.807) is 30.4 Å². The third-order valence-electron chi connectivity index (χ3n) is 2.54. The maximum absolute atomic E-state index is 10.2. The Morgan fingerprint density at radius 3 is 2.53 bits per heavy atom. The highest BCUT2D eigenvalue weighted by atomic mass is 16.3. The lowest BCUT2D eigenvalue weighted by Gasteiger charge is -2.30. The first-order chi connectivity index (χ1) is 7.14. The van der Waals surface area contributed by atoms with Crippen molar-refractivity contribution in [3.8, 4) is 5.75 Å². The van der Waals surface area contributed by atoms with E-state index in [0.29, 0.717) is 5.56 Å². The zero-order valence-corrected chi connectivity index (χ0v) is 8.04. The van der Waals surface area contributed by atoms with Crippen molar-refractivity contribution in [1.29, 1.82) is 0 Å². The van der Waals surface area contributed by atoms with E-state index in [-0.39, 0.29) is 5.75 Å². The minimum Gasteiger partial charge on any atom is -0.508 e. The number of aliphatic hydroxyl groups excluding tert-OH is 1. The summed E-state index contributed by atoms with van der Waals surface area (Å²) in [6, 6.07) is 6.43. The maximum atomic E-state index is 10.2. The van der Waals surface area contributed by atoms with Gasteiger partial charge in [0.25, 0.3) is 0 Å². The molecule has 3 N–H and O–H groups in total. The second-order valence-electron chi connectivity index (χ2n) is 3.53. The number of hydrogen-bond donors (Lipinski definition) is 3. The van der Waals surface area contributed by atoms with Crippen molar-refractivity contribution < 1.29 is 15.3 Å². The number of para-hydroxylation sites is 1. The summed E-state index contributed by atoms with van der Waals surface area (Å²) < 4.78 is 0. The molecule has 1 aliphatic rings. The predicted molar refractivity (Wildman–Crippen MR) is 56.3 cm³/mol. The van der Waals surface area contributed by atoms with E-state index in [1.807, 2.05) is 0 Å². The molecule has 1 unspecified atom stereocenters. The van der Waals surface area contributed by atoms with Crippen LogP contribution in [0.15, 0.2) is 48.6 Å². The fourth-order valence-electron chi connectivity index (χ4n) is 1.68. The zero-order valence-electron chi connectivity index (χ0n) is 8.04. The van der Waals surface area contributed by atoms with Gasteiger partial charge in [-0.3, -0.25) is 0 Å². The summed E-state index contributed by atoms with van der Waals surface area (Å²) in [6.07, 6.45) is 5.19. The fraction of sp³-hybridized carbons (Fsp3) is 0.167. The van der Waals surface area contributed by atoms with Crippen molar-refractivity contribution in [3.63, 3.8) is 0 Å². The van der Waals surface area contributed by atoms with Gasteiger partial charge in [-0.2, -0.15) is 0 Å². The molecule has 1 aromatic carbocycles. The number of hydrogen-bond acceptors (Lipinski definition) is 3. The molecule has 15 heavy (non-hydrogen) atoms. The molecule has 0 fully saturated rings. The van der Waals surface area contributed by atoms with Crippen LogP contribution in [0.25, 0.3) is 0 Å². The Kier molecular flexibility index (Phi) is 2.34. The molecular formula is C12H12O3. The lowest BCUT2D eigenvalue weighted by atomic mass is 9.84. The van der Waals surface area contributed by atoms with Crippen LogP contribution in [0.4, 0.5) is 0 Å². The number of aliphatic hydroxyl groups is 2. The smallest absolute Gasteiger partial charge is 0.141 e. The molecular weight excluding hydrogens is 192 g/mol. The topological polar surface area (TPSA) is 60.7 Å².